The lowest BCUT2D eigenvalue weighted by atomic mass is 9.91. The average Bonchev–Trinajstić information content (AvgIpc) is 2.65. The minimum atomic E-state index is 0.0175. The van der Waals surface area contributed by atoms with Gasteiger partial charge in [0.15, 0.2) is 0 Å². The molecule has 27 heavy (non-hydrogen) atoms. The number of rotatable bonds is 5. The first-order valence-electron chi connectivity index (χ1n) is 9.57. The topological polar surface area (TPSA) is 70.2 Å². The summed E-state index contributed by atoms with van der Waals surface area (Å²) in [5, 5.41) is 6.62. The lowest BCUT2D eigenvalue weighted by Crippen LogP contribution is -2.40. The molecule has 0 aliphatic heterocycles. The summed E-state index contributed by atoms with van der Waals surface area (Å²) in [6, 6.07) is 8.28. The second kappa shape index (κ2) is 8.37. The Kier molecular flexibility index (Phi) is 5.94. The van der Waals surface area contributed by atoms with Gasteiger partial charge in [-0.3, -0.25) is 4.79 Å². The second-order valence-electron chi connectivity index (χ2n) is 7.63. The predicted molar refractivity (Wildman–Crippen MR) is 109 cm³/mol. The van der Waals surface area contributed by atoms with Crippen molar-refractivity contribution in [1.82, 2.24) is 15.3 Å². The van der Waals surface area contributed by atoms with E-state index in [2.05, 4.69) is 20.6 Å². The number of nitrogens with one attached hydrogen (secondary N) is 2. The molecule has 2 N–H and O–H groups in total. The Hall–Kier alpha value is -2.63. The van der Waals surface area contributed by atoms with Crippen molar-refractivity contribution in [2.24, 2.45) is 0 Å². The van der Waals surface area contributed by atoms with Crippen LogP contribution >= 0.6 is 0 Å². The first-order chi connectivity index (χ1) is 12.9. The summed E-state index contributed by atoms with van der Waals surface area (Å²) in [6.45, 7) is 4.04. The zero-order valence-electron chi connectivity index (χ0n) is 16.6. The number of amides is 1. The van der Waals surface area contributed by atoms with Gasteiger partial charge in [0.2, 0.25) is 5.95 Å². The van der Waals surface area contributed by atoms with Gasteiger partial charge in [0.1, 0.15) is 5.82 Å². The van der Waals surface area contributed by atoms with Gasteiger partial charge in [-0.05, 0) is 51.7 Å². The van der Waals surface area contributed by atoms with Gasteiger partial charge in [-0.15, -0.1) is 0 Å². The summed E-state index contributed by atoms with van der Waals surface area (Å²) in [7, 11) is 3.97. The number of nitrogens with zero attached hydrogens (tertiary/aromatic N) is 3. The van der Waals surface area contributed by atoms with Crippen LogP contribution in [0.3, 0.4) is 0 Å². The van der Waals surface area contributed by atoms with Crippen molar-refractivity contribution < 1.29 is 4.79 Å². The molecule has 1 aliphatic carbocycles. The predicted octanol–water partition coefficient (Wildman–Crippen LogP) is 3.31. The Morgan fingerprint density at radius 1 is 1.04 bits per heavy atom. The molecule has 1 fully saturated rings. The molecule has 6 heteroatoms. The molecular weight excluding hydrogens is 338 g/mol. The van der Waals surface area contributed by atoms with Gasteiger partial charge in [0.05, 0.1) is 0 Å². The molecule has 0 atom stereocenters. The van der Waals surface area contributed by atoms with Crippen LogP contribution in [0.1, 0.15) is 47.2 Å². The van der Waals surface area contributed by atoms with Crippen molar-refractivity contribution in [2.75, 3.05) is 24.3 Å². The second-order valence-corrected chi connectivity index (χ2v) is 7.63. The zero-order chi connectivity index (χ0) is 19.4. The van der Waals surface area contributed by atoms with E-state index in [-0.39, 0.29) is 11.9 Å². The number of carbonyl (C=O) groups excluding carboxylic acids is 1. The molecule has 1 aromatic heterocycles. The van der Waals surface area contributed by atoms with Gasteiger partial charge in [-0.25, -0.2) is 4.98 Å². The molecule has 1 saturated carbocycles. The highest BCUT2D eigenvalue weighted by Crippen LogP contribution is 2.23. The Morgan fingerprint density at radius 2 is 1.67 bits per heavy atom. The number of hydrogen-bond donors (Lipinski definition) is 2. The summed E-state index contributed by atoms with van der Waals surface area (Å²) < 4.78 is 0. The summed E-state index contributed by atoms with van der Waals surface area (Å²) in [5.41, 5.74) is 2.95. The molecule has 3 rings (SSSR count). The van der Waals surface area contributed by atoms with E-state index >= 15 is 0 Å². The standard InChI is InChI=1S/C21H29N5O/c1-14-5-7-16(8-6-14)20(27)23-17-9-11-18(12-10-17)24-21-22-13-15(2)19(25-21)26(3)4/h5-8,13,17-18H,9-12H2,1-4H3,(H,23,27)(H,22,24,25). The molecule has 0 bridgehead atoms. The normalized spacial score (nSPS) is 19.4. The third kappa shape index (κ3) is 4.96. The first kappa shape index (κ1) is 19.1. The zero-order valence-corrected chi connectivity index (χ0v) is 16.6. The Morgan fingerprint density at radius 3 is 2.30 bits per heavy atom. The largest absolute Gasteiger partial charge is 0.362 e. The van der Waals surface area contributed by atoms with Crippen LogP contribution in [0.5, 0.6) is 0 Å². The smallest absolute Gasteiger partial charge is 0.251 e. The fourth-order valence-corrected chi connectivity index (χ4v) is 3.49. The van der Waals surface area contributed by atoms with Crippen molar-refractivity contribution in [2.45, 2.75) is 51.6 Å². The molecule has 6 nitrogen and oxygen atoms in total. The summed E-state index contributed by atoms with van der Waals surface area (Å²) in [6.07, 6.45) is 5.77. The van der Waals surface area contributed by atoms with E-state index < -0.39 is 0 Å². The number of benzene rings is 1. The third-order valence-electron chi connectivity index (χ3n) is 5.08. The molecule has 0 radical (unpaired) electrons. The molecule has 2 aromatic rings. The molecule has 0 spiro atoms. The third-order valence-corrected chi connectivity index (χ3v) is 5.08. The maximum absolute atomic E-state index is 12.4. The fourth-order valence-electron chi connectivity index (χ4n) is 3.49. The summed E-state index contributed by atoms with van der Waals surface area (Å²) in [4.78, 5) is 23.4. The maximum atomic E-state index is 12.4. The van der Waals surface area contributed by atoms with Crippen molar-refractivity contribution in [3.05, 3.63) is 47.2 Å². The Labute approximate surface area is 161 Å². The lowest BCUT2D eigenvalue weighted by Gasteiger charge is -2.30. The van der Waals surface area contributed by atoms with Crippen LogP contribution in [0.2, 0.25) is 0 Å². The van der Waals surface area contributed by atoms with Gasteiger partial charge in [-0.1, -0.05) is 17.7 Å². The van der Waals surface area contributed by atoms with Crippen LogP contribution in [0, 0.1) is 13.8 Å². The molecule has 1 aromatic carbocycles. The molecule has 1 amide bonds. The number of anilines is 2. The Bertz CT molecular complexity index is 780. The van der Waals surface area contributed by atoms with Crippen molar-refractivity contribution in [3.63, 3.8) is 0 Å². The van der Waals surface area contributed by atoms with E-state index in [1.807, 2.05) is 63.3 Å². The highest BCUT2D eigenvalue weighted by Gasteiger charge is 2.23. The molecule has 1 aliphatic rings. The SMILES string of the molecule is Cc1ccc(C(=O)NC2CCC(Nc3ncc(C)c(N(C)C)n3)CC2)cc1. The molecule has 1 heterocycles. The van der Waals surface area contributed by atoms with Gasteiger partial charge in [0, 0.05) is 43.5 Å². The minimum absolute atomic E-state index is 0.0175. The minimum Gasteiger partial charge on any atom is -0.362 e. The van der Waals surface area contributed by atoms with Crippen molar-refractivity contribution in [1.29, 1.82) is 0 Å². The van der Waals surface area contributed by atoms with Crippen LogP contribution in [0.4, 0.5) is 11.8 Å². The monoisotopic (exact) mass is 367 g/mol. The van der Waals surface area contributed by atoms with Gasteiger partial charge < -0.3 is 15.5 Å². The van der Waals surface area contributed by atoms with Crippen molar-refractivity contribution in [3.8, 4) is 0 Å². The fraction of sp³-hybridized carbons (Fsp3) is 0.476. The number of hydrogen-bond acceptors (Lipinski definition) is 5. The van der Waals surface area contributed by atoms with E-state index in [0.717, 1.165) is 48.2 Å². The highest BCUT2D eigenvalue weighted by atomic mass is 16.1. The number of aryl methyl sites for hydroxylation is 2. The van der Waals surface area contributed by atoms with Crippen LogP contribution in [-0.2, 0) is 0 Å². The molecule has 0 unspecified atom stereocenters. The molecule has 144 valence electrons. The van der Waals surface area contributed by atoms with Gasteiger partial charge >= 0.3 is 0 Å². The van der Waals surface area contributed by atoms with E-state index in [1.165, 1.54) is 0 Å². The Balaban J connectivity index is 1.51. The first-order valence-corrected chi connectivity index (χ1v) is 9.57. The van der Waals surface area contributed by atoms with Crippen LogP contribution in [-0.4, -0.2) is 42.1 Å². The van der Waals surface area contributed by atoms with Gasteiger partial charge in [0.25, 0.3) is 5.91 Å². The van der Waals surface area contributed by atoms with E-state index in [4.69, 9.17) is 0 Å². The summed E-state index contributed by atoms with van der Waals surface area (Å²) >= 11 is 0. The van der Waals surface area contributed by atoms with Crippen LogP contribution in [0.25, 0.3) is 0 Å². The van der Waals surface area contributed by atoms with E-state index in [9.17, 15) is 4.79 Å². The molecular formula is C21H29N5O. The number of aromatic nitrogens is 2. The highest BCUT2D eigenvalue weighted by molar-refractivity contribution is 5.94. The van der Waals surface area contributed by atoms with Crippen LogP contribution < -0.4 is 15.5 Å². The number of carbonyl (C=O) groups is 1. The average molecular weight is 367 g/mol. The lowest BCUT2D eigenvalue weighted by molar-refractivity contribution is 0.0926. The summed E-state index contributed by atoms with van der Waals surface area (Å²) in [5.74, 6) is 1.63. The van der Waals surface area contributed by atoms with Gasteiger partial charge in [-0.2, -0.15) is 4.98 Å². The molecule has 0 saturated heterocycles. The maximum Gasteiger partial charge on any atom is 0.251 e. The van der Waals surface area contributed by atoms with E-state index in [0.29, 0.717) is 12.0 Å². The van der Waals surface area contributed by atoms with Crippen LogP contribution in [0.15, 0.2) is 30.5 Å². The quantitative estimate of drug-likeness (QED) is 0.848. The van der Waals surface area contributed by atoms with E-state index in [1.54, 1.807) is 0 Å². The van der Waals surface area contributed by atoms with Crippen molar-refractivity contribution >= 4 is 17.7 Å².